The Morgan fingerprint density at radius 2 is 2.30 bits per heavy atom. The number of carbonyl (C=O) groups excluding carboxylic acids is 1. The molecule has 0 bridgehead atoms. The molecule has 0 aromatic carbocycles. The summed E-state index contributed by atoms with van der Waals surface area (Å²) >= 11 is 1.66. The van der Waals surface area contributed by atoms with Crippen LogP contribution in [0.4, 0.5) is 4.79 Å². The molecule has 3 rings (SSSR count). The van der Waals surface area contributed by atoms with E-state index in [1.54, 1.807) is 17.6 Å². The third kappa shape index (κ3) is 3.58. The Balaban J connectivity index is 1.69. The van der Waals surface area contributed by atoms with E-state index >= 15 is 0 Å². The molecule has 2 atom stereocenters. The van der Waals surface area contributed by atoms with Crippen LogP contribution < -0.4 is 5.32 Å². The smallest absolute Gasteiger partial charge is 0.318 e. The number of thiazole rings is 1. The van der Waals surface area contributed by atoms with E-state index in [0.717, 1.165) is 30.0 Å². The number of nitrogens with zero attached hydrogens (tertiary/aromatic N) is 2. The Hall–Kier alpha value is -1.82. The number of aromatic nitrogens is 1. The van der Waals surface area contributed by atoms with E-state index in [1.165, 1.54) is 4.88 Å². The van der Waals surface area contributed by atoms with E-state index in [-0.39, 0.29) is 18.1 Å². The molecule has 5 nitrogen and oxygen atoms in total. The van der Waals surface area contributed by atoms with Crippen molar-refractivity contribution in [3.05, 3.63) is 40.2 Å². The average molecular weight is 333 g/mol. The predicted molar refractivity (Wildman–Crippen MR) is 90.4 cm³/mol. The molecule has 124 valence electrons. The van der Waals surface area contributed by atoms with Gasteiger partial charge in [-0.1, -0.05) is 6.92 Å². The molecule has 1 saturated carbocycles. The molecular weight excluding hydrogens is 310 g/mol. The Morgan fingerprint density at radius 1 is 1.52 bits per heavy atom. The highest BCUT2D eigenvalue weighted by molar-refractivity contribution is 7.11. The lowest BCUT2D eigenvalue weighted by Gasteiger charge is -2.29. The van der Waals surface area contributed by atoms with Gasteiger partial charge in [-0.25, -0.2) is 9.78 Å². The van der Waals surface area contributed by atoms with Gasteiger partial charge in [-0.15, -0.1) is 11.3 Å². The van der Waals surface area contributed by atoms with Crippen LogP contribution in [-0.4, -0.2) is 22.0 Å². The fraction of sp³-hybridized carbons (Fsp3) is 0.529. The minimum Gasteiger partial charge on any atom is -0.467 e. The molecule has 0 unspecified atom stereocenters. The lowest BCUT2D eigenvalue weighted by atomic mass is 10.2. The molecule has 1 N–H and O–H groups in total. The van der Waals surface area contributed by atoms with Crippen molar-refractivity contribution in [3.63, 3.8) is 0 Å². The van der Waals surface area contributed by atoms with E-state index in [9.17, 15) is 4.79 Å². The van der Waals surface area contributed by atoms with Crippen LogP contribution in [0.1, 0.15) is 61.3 Å². The predicted octanol–water partition coefficient (Wildman–Crippen LogP) is 4.29. The second-order valence-corrected chi connectivity index (χ2v) is 7.17. The van der Waals surface area contributed by atoms with Crippen LogP contribution in [0, 0.1) is 0 Å². The fourth-order valence-electron chi connectivity index (χ4n) is 2.68. The highest BCUT2D eigenvalue weighted by Crippen LogP contribution is 2.35. The van der Waals surface area contributed by atoms with Gasteiger partial charge >= 0.3 is 6.03 Å². The summed E-state index contributed by atoms with van der Waals surface area (Å²) in [5, 5.41) is 4.05. The topological polar surface area (TPSA) is 58.4 Å². The summed E-state index contributed by atoms with van der Waals surface area (Å²) in [6, 6.07) is 3.90. The zero-order valence-electron chi connectivity index (χ0n) is 13.8. The van der Waals surface area contributed by atoms with Crippen LogP contribution in [0.2, 0.25) is 0 Å². The molecule has 2 amide bonds. The number of nitrogens with one attached hydrogen (secondary N) is 1. The zero-order chi connectivity index (χ0) is 16.4. The van der Waals surface area contributed by atoms with Crippen molar-refractivity contribution in [1.82, 2.24) is 15.2 Å². The van der Waals surface area contributed by atoms with Gasteiger partial charge in [-0.3, -0.25) is 0 Å². The number of urea groups is 1. The quantitative estimate of drug-likeness (QED) is 0.857. The van der Waals surface area contributed by atoms with Crippen molar-refractivity contribution in [2.24, 2.45) is 0 Å². The molecular formula is C17H23N3O2S. The third-order valence-electron chi connectivity index (χ3n) is 4.18. The molecule has 1 aliphatic rings. The van der Waals surface area contributed by atoms with Gasteiger partial charge in [0.2, 0.25) is 0 Å². The van der Waals surface area contributed by atoms with Gasteiger partial charge < -0.3 is 14.6 Å². The molecule has 6 heteroatoms. The number of amides is 2. The summed E-state index contributed by atoms with van der Waals surface area (Å²) in [6.45, 7) is 6.11. The van der Waals surface area contributed by atoms with Crippen LogP contribution >= 0.6 is 11.3 Å². The Morgan fingerprint density at radius 3 is 2.87 bits per heavy atom. The summed E-state index contributed by atoms with van der Waals surface area (Å²) in [7, 11) is 0. The standard InChI is InChI=1S/C17H23N3O2S/c1-4-14-10-18-16(23-14)11(2)19-17(21)20(13-7-8-13)12(3)15-6-5-9-22-15/h5-6,9-13H,4,7-8H2,1-3H3,(H,19,21)/t11-,12-/m0/s1. The van der Waals surface area contributed by atoms with E-state index in [2.05, 4.69) is 17.2 Å². The maximum atomic E-state index is 12.8. The second-order valence-electron chi connectivity index (χ2n) is 6.02. The second kappa shape index (κ2) is 6.74. The number of aryl methyl sites for hydroxylation is 1. The first-order valence-electron chi connectivity index (χ1n) is 8.17. The average Bonchev–Trinajstić information content (AvgIpc) is 3.07. The molecule has 2 aromatic heterocycles. The highest BCUT2D eigenvalue weighted by atomic mass is 32.1. The first-order chi connectivity index (χ1) is 11.1. The molecule has 2 heterocycles. The van der Waals surface area contributed by atoms with Crippen molar-refractivity contribution < 1.29 is 9.21 Å². The summed E-state index contributed by atoms with van der Waals surface area (Å²) in [4.78, 5) is 20.3. The van der Waals surface area contributed by atoms with Gasteiger partial charge in [0.15, 0.2) is 0 Å². The summed E-state index contributed by atoms with van der Waals surface area (Å²) in [5.74, 6) is 0.822. The zero-order valence-corrected chi connectivity index (χ0v) is 14.6. The van der Waals surface area contributed by atoms with Gasteiger partial charge in [0, 0.05) is 17.1 Å². The van der Waals surface area contributed by atoms with Crippen molar-refractivity contribution in [1.29, 1.82) is 0 Å². The third-order valence-corrected chi connectivity index (χ3v) is 5.50. The van der Waals surface area contributed by atoms with Crippen LogP contribution in [0.3, 0.4) is 0 Å². The number of hydrogen-bond acceptors (Lipinski definition) is 4. The Labute approximate surface area is 140 Å². The van der Waals surface area contributed by atoms with Crippen LogP contribution in [0.25, 0.3) is 0 Å². The summed E-state index contributed by atoms with van der Waals surface area (Å²) in [6.07, 6.45) is 6.64. The molecule has 0 aliphatic heterocycles. The molecule has 0 spiro atoms. The minimum atomic E-state index is -0.0853. The van der Waals surface area contributed by atoms with Crippen molar-refractivity contribution in [2.45, 2.75) is 58.2 Å². The fourth-order valence-corrected chi connectivity index (χ4v) is 3.54. The van der Waals surface area contributed by atoms with E-state index in [4.69, 9.17) is 4.42 Å². The van der Waals surface area contributed by atoms with Gasteiger partial charge in [-0.2, -0.15) is 0 Å². The summed E-state index contributed by atoms with van der Waals surface area (Å²) < 4.78 is 5.48. The SMILES string of the molecule is CCc1cnc([C@H](C)NC(=O)N(C2CC2)[C@@H](C)c2ccco2)s1. The lowest BCUT2D eigenvalue weighted by molar-refractivity contribution is 0.163. The molecule has 1 fully saturated rings. The molecule has 1 aliphatic carbocycles. The van der Waals surface area contributed by atoms with E-state index in [0.29, 0.717) is 6.04 Å². The van der Waals surface area contributed by atoms with Crippen LogP contribution in [0.15, 0.2) is 29.0 Å². The monoisotopic (exact) mass is 333 g/mol. The number of hydrogen-bond donors (Lipinski definition) is 1. The molecule has 23 heavy (non-hydrogen) atoms. The van der Waals surface area contributed by atoms with E-state index < -0.39 is 0 Å². The lowest BCUT2D eigenvalue weighted by Crippen LogP contribution is -2.43. The maximum absolute atomic E-state index is 12.8. The van der Waals surface area contributed by atoms with Crippen molar-refractivity contribution in [2.75, 3.05) is 0 Å². The number of carbonyl (C=O) groups is 1. The van der Waals surface area contributed by atoms with Gasteiger partial charge in [0.05, 0.1) is 18.3 Å². The van der Waals surface area contributed by atoms with Gasteiger partial charge in [0.1, 0.15) is 10.8 Å². The highest BCUT2D eigenvalue weighted by Gasteiger charge is 2.37. The minimum absolute atomic E-state index is 0.0443. The first kappa shape index (κ1) is 16.1. The normalized spacial score (nSPS) is 16.8. The van der Waals surface area contributed by atoms with Gasteiger partial charge in [-0.05, 0) is 45.2 Å². The molecule has 0 radical (unpaired) electrons. The van der Waals surface area contributed by atoms with Crippen molar-refractivity contribution >= 4 is 17.4 Å². The first-order valence-corrected chi connectivity index (χ1v) is 8.98. The largest absolute Gasteiger partial charge is 0.467 e. The Kier molecular flexibility index (Phi) is 4.71. The van der Waals surface area contributed by atoms with Gasteiger partial charge in [0.25, 0.3) is 0 Å². The van der Waals surface area contributed by atoms with Crippen LogP contribution in [-0.2, 0) is 6.42 Å². The summed E-state index contributed by atoms with van der Waals surface area (Å²) in [5.41, 5.74) is 0. The Bertz CT molecular complexity index is 649. The maximum Gasteiger partial charge on any atom is 0.318 e. The van der Waals surface area contributed by atoms with Crippen LogP contribution in [0.5, 0.6) is 0 Å². The van der Waals surface area contributed by atoms with E-state index in [1.807, 2.05) is 37.1 Å². The molecule has 0 saturated heterocycles. The molecule has 2 aromatic rings. The number of rotatable bonds is 6. The number of furan rings is 1. The van der Waals surface area contributed by atoms with Crippen molar-refractivity contribution in [3.8, 4) is 0 Å².